The molecule has 0 aliphatic rings. The Morgan fingerprint density at radius 3 is 2.76 bits per heavy atom. The van der Waals surface area contributed by atoms with Gasteiger partial charge in [0, 0.05) is 5.02 Å². The second-order valence-electron chi connectivity index (χ2n) is 4.06. The molecular weight excluding hydrogens is 236 g/mol. The van der Waals surface area contributed by atoms with E-state index < -0.39 is 0 Å². The van der Waals surface area contributed by atoms with Gasteiger partial charge in [-0.2, -0.15) is 0 Å². The van der Waals surface area contributed by atoms with Crippen molar-refractivity contribution in [2.45, 2.75) is 19.8 Å². The SMILES string of the molecule is COc1cc(C)c(Cl)cc1CCNCCCN. The van der Waals surface area contributed by atoms with Crippen molar-refractivity contribution < 1.29 is 4.74 Å². The first-order valence-corrected chi connectivity index (χ1v) is 6.30. The molecule has 0 aliphatic heterocycles. The van der Waals surface area contributed by atoms with Gasteiger partial charge < -0.3 is 15.8 Å². The third kappa shape index (κ3) is 4.54. The molecule has 0 heterocycles. The predicted molar refractivity (Wildman–Crippen MR) is 73.0 cm³/mol. The van der Waals surface area contributed by atoms with E-state index >= 15 is 0 Å². The van der Waals surface area contributed by atoms with Gasteiger partial charge in [-0.15, -0.1) is 0 Å². The van der Waals surface area contributed by atoms with Crippen LogP contribution in [0.25, 0.3) is 0 Å². The van der Waals surface area contributed by atoms with E-state index in [1.54, 1.807) is 7.11 Å². The lowest BCUT2D eigenvalue weighted by Gasteiger charge is -2.11. The number of hydrogen-bond donors (Lipinski definition) is 2. The maximum absolute atomic E-state index is 6.11. The van der Waals surface area contributed by atoms with Crippen LogP contribution in [0.3, 0.4) is 0 Å². The zero-order valence-electron chi connectivity index (χ0n) is 10.6. The summed E-state index contributed by atoms with van der Waals surface area (Å²) in [7, 11) is 1.69. The van der Waals surface area contributed by atoms with Crippen molar-refractivity contribution in [3.63, 3.8) is 0 Å². The smallest absolute Gasteiger partial charge is 0.122 e. The van der Waals surface area contributed by atoms with Gasteiger partial charge in [0.1, 0.15) is 5.75 Å². The molecule has 0 atom stereocenters. The third-order valence-corrected chi connectivity index (χ3v) is 3.10. The molecule has 1 aromatic carbocycles. The maximum Gasteiger partial charge on any atom is 0.122 e. The molecule has 0 radical (unpaired) electrons. The number of hydrogen-bond acceptors (Lipinski definition) is 3. The van der Waals surface area contributed by atoms with E-state index in [1.807, 2.05) is 19.1 Å². The van der Waals surface area contributed by atoms with Gasteiger partial charge in [-0.25, -0.2) is 0 Å². The number of nitrogens with two attached hydrogens (primary N) is 1. The van der Waals surface area contributed by atoms with Crippen LogP contribution in [0.5, 0.6) is 5.75 Å². The summed E-state index contributed by atoms with van der Waals surface area (Å²) in [5.74, 6) is 0.910. The van der Waals surface area contributed by atoms with E-state index in [4.69, 9.17) is 22.1 Å². The van der Waals surface area contributed by atoms with Crippen molar-refractivity contribution in [3.8, 4) is 5.75 Å². The van der Waals surface area contributed by atoms with Crippen LogP contribution in [0, 0.1) is 6.92 Å². The molecule has 3 nitrogen and oxygen atoms in total. The zero-order valence-corrected chi connectivity index (χ0v) is 11.3. The van der Waals surface area contributed by atoms with Gasteiger partial charge >= 0.3 is 0 Å². The number of ether oxygens (including phenoxy) is 1. The van der Waals surface area contributed by atoms with Crippen LogP contribution in [0.1, 0.15) is 17.5 Å². The largest absolute Gasteiger partial charge is 0.496 e. The lowest BCUT2D eigenvalue weighted by Crippen LogP contribution is -2.21. The summed E-state index contributed by atoms with van der Waals surface area (Å²) in [4.78, 5) is 0. The maximum atomic E-state index is 6.11. The van der Waals surface area contributed by atoms with Gasteiger partial charge in [0.25, 0.3) is 0 Å². The summed E-state index contributed by atoms with van der Waals surface area (Å²) in [5.41, 5.74) is 7.61. The normalized spacial score (nSPS) is 10.6. The minimum atomic E-state index is 0.729. The monoisotopic (exact) mass is 256 g/mol. The number of rotatable bonds is 7. The molecule has 3 N–H and O–H groups in total. The van der Waals surface area contributed by atoms with Gasteiger partial charge in [-0.3, -0.25) is 0 Å². The second kappa shape index (κ2) is 7.54. The predicted octanol–water partition coefficient (Wildman–Crippen LogP) is 2.14. The quantitative estimate of drug-likeness (QED) is 0.735. The van der Waals surface area contributed by atoms with Crippen molar-refractivity contribution >= 4 is 11.6 Å². The van der Waals surface area contributed by atoms with Gasteiger partial charge in [-0.1, -0.05) is 11.6 Å². The molecule has 96 valence electrons. The molecule has 0 amide bonds. The van der Waals surface area contributed by atoms with Crippen LogP contribution in [0.4, 0.5) is 0 Å². The van der Waals surface area contributed by atoms with Gasteiger partial charge in [0.15, 0.2) is 0 Å². The summed E-state index contributed by atoms with van der Waals surface area (Å²) in [6.07, 6.45) is 1.92. The van der Waals surface area contributed by atoms with E-state index in [9.17, 15) is 0 Å². The molecule has 0 spiro atoms. The molecule has 0 unspecified atom stereocenters. The average Bonchev–Trinajstić information content (AvgIpc) is 2.33. The Bertz CT molecular complexity index is 356. The third-order valence-electron chi connectivity index (χ3n) is 2.69. The van der Waals surface area contributed by atoms with Crippen LogP contribution in [0.15, 0.2) is 12.1 Å². The Hall–Kier alpha value is -0.770. The highest BCUT2D eigenvalue weighted by Crippen LogP contribution is 2.26. The number of halogens is 1. The standard InChI is InChI=1S/C13H21ClN2O/c1-10-8-13(17-2)11(9-12(10)14)4-7-16-6-3-5-15/h8-9,16H,3-7,15H2,1-2H3. The summed E-state index contributed by atoms with van der Waals surface area (Å²) in [6, 6.07) is 3.97. The lowest BCUT2D eigenvalue weighted by molar-refractivity contribution is 0.409. The highest BCUT2D eigenvalue weighted by Gasteiger charge is 2.06. The fraction of sp³-hybridized carbons (Fsp3) is 0.538. The van der Waals surface area contributed by atoms with E-state index in [1.165, 1.54) is 0 Å². The molecule has 1 aromatic rings. The van der Waals surface area contributed by atoms with Crippen molar-refractivity contribution in [2.75, 3.05) is 26.7 Å². The lowest BCUT2D eigenvalue weighted by atomic mass is 10.1. The highest BCUT2D eigenvalue weighted by molar-refractivity contribution is 6.31. The minimum absolute atomic E-state index is 0.729. The van der Waals surface area contributed by atoms with Crippen LogP contribution in [0.2, 0.25) is 5.02 Å². The van der Waals surface area contributed by atoms with Gasteiger partial charge in [0.05, 0.1) is 7.11 Å². The summed E-state index contributed by atoms with van der Waals surface area (Å²) < 4.78 is 5.35. The van der Waals surface area contributed by atoms with Gasteiger partial charge in [0.2, 0.25) is 0 Å². The van der Waals surface area contributed by atoms with E-state index in [-0.39, 0.29) is 0 Å². The van der Waals surface area contributed by atoms with E-state index in [0.717, 1.165) is 54.4 Å². The van der Waals surface area contributed by atoms with Crippen LogP contribution in [-0.4, -0.2) is 26.7 Å². The zero-order chi connectivity index (χ0) is 12.7. The van der Waals surface area contributed by atoms with Gasteiger partial charge in [-0.05, 0) is 62.7 Å². The van der Waals surface area contributed by atoms with E-state index in [2.05, 4.69) is 5.32 Å². The van der Waals surface area contributed by atoms with Crippen LogP contribution in [-0.2, 0) is 6.42 Å². The number of methoxy groups -OCH3 is 1. The molecule has 1 rings (SSSR count). The fourth-order valence-electron chi connectivity index (χ4n) is 1.66. The molecular formula is C13H21ClN2O. The Morgan fingerprint density at radius 2 is 2.12 bits per heavy atom. The molecule has 0 saturated carbocycles. The Labute approximate surface area is 108 Å². The van der Waals surface area contributed by atoms with Crippen LogP contribution < -0.4 is 15.8 Å². The minimum Gasteiger partial charge on any atom is -0.496 e. The number of nitrogens with one attached hydrogen (secondary N) is 1. The van der Waals surface area contributed by atoms with Crippen LogP contribution >= 0.6 is 11.6 Å². The Morgan fingerprint density at radius 1 is 1.35 bits per heavy atom. The first-order valence-electron chi connectivity index (χ1n) is 5.92. The average molecular weight is 257 g/mol. The Balaban J connectivity index is 2.54. The number of benzene rings is 1. The first-order chi connectivity index (χ1) is 8.19. The van der Waals surface area contributed by atoms with Crippen molar-refractivity contribution in [1.82, 2.24) is 5.32 Å². The molecule has 0 bridgehead atoms. The molecule has 4 heteroatoms. The van der Waals surface area contributed by atoms with Crippen molar-refractivity contribution in [2.24, 2.45) is 5.73 Å². The second-order valence-corrected chi connectivity index (χ2v) is 4.46. The molecule has 0 aliphatic carbocycles. The van der Waals surface area contributed by atoms with E-state index in [0.29, 0.717) is 0 Å². The molecule has 0 aromatic heterocycles. The molecule has 0 fully saturated rings. The molecule has 17 heavy (non-hydrogen) atoms. The Kier molecular flexibility index (Phi) is 6.34. The van der Waals surface area contributed by atoms with Crippen molar-refractivity contribution in [3.05, 3.63) is 28.3 Å². The summed E-state index contributed by atoms with van der Waals surface area (Å²) in [5, 5.41) is 4.14. The molecule has 0 saturated heterocycles. The van der Waals surface area contributed by atoms with Crippen molar-refractivity contribution in [1.29, 1.82) is 0 Å². The summed E-state index contributed by atoms with van der Waals surface area (Å²) >= 11 is 6.11. The number of aryl methyl sites for hydroxylation is 1. The topological polar surface area (TPSA) is 47.3 Å². The first kappa shape index (κ1) is 14.3. The highest BCUT2D eigenvalue weighted by atomic mass is 35.5. The fourth-order valence-corrected chi connectivity index (χ4v) is 1.84. The summed E-state index contributed by atoms with van der Waals surface area (Å²) in [6.45, 7) is 4.58.